The van der Waals surface area contributed by atoms with Crippen LogP contribution in [-0.4, -0.2) is 17.6 Å². The molecule has 1 aromatic carbocycles. The molecule has 0 radical (unpaired) electrons. The summed E-state index contributed by atoms with van der Waals surface area (Å²) in [5, 5.41) is 1.28. The van der Waals surface area contributed by atoms with E-state index in [1.807, 2.05) is 0 Å². The van der Waals surface area contributed by atoms with Crippen molar-refractivity contribution in [2.24, 2.45) is 5.92 Å². The molecule has 2 atom stereocenters. The number of nitrogens with zero attached hydrogens (tertiary/aromatic N) is 2. The third-order valence-corrected chi connectivity index (χ3v) is 5.46. The first kappa shape index (κ1) is 13.4. The second kappa shape index (κ2) is 5.49. The number of aromatic nitrogens is 1. The topological polar surface area (TPSA) is 16.1 Å². The zero-order valence-electron chi connectivity index (χ0n) is 12.3. The number of hydrogen-bond acceptors (Lipinski definition) is 2. The molecule has 2 fully saturated rings. The van der Waals surface area contributed by atoms with Gasteiger partial charge in [-0.05, 0) is 43.7 Å². The van der Waals surface area contributed by atoms with Crippen LogP contribution in [0, 0.1) is 5.92 Å². The van der Waals surface area contributed by atoms with Gasteiger partial charge in [0.15, 0.2) is 0 Å². The van der Waals surface area contributed by atoms with E-state index in [9.17, 15) is 0 Å². The fourth-order valence-electron chi connectivity index (χ4n) is 4.27. The molecule has 0 N–H and O–H groups in total. The third kappa shape index (κ3) is 2.30. The van der Waals surface area contributed by atoms with Crippen molar-refractivity contribution in [3.8, 4) is 0 Å². The van der Waals surface area contributed by atoms with Crippen molar-refractivity contribution in [3.63, 3.8) is 0 Å². The van der Waals surface area contributed by atoms with Gasteiger partial charge in [0.25, 0.3) is 0 Å². The van der Waals surface area contributed by atoms with Crippen molar-refractivity contribution >= 4 is 28.2 Å². The van der Waals surface area contributed by atoms with Crippen molar-refractivity contribution in [2.45, 2.75) is 44.0 Å². The molecular formula is C18H21ClN2. The predicted octanol–water partition coefficient (Wildman–Crippen LogP) is 4.74. The molecule has 1 saturated carbocycles. The highest BCUT2D eigenvalue weighted by atomic mass is 35.5. The lowest BCUT2D eigenvalue weighted by atomic mass is 9.91. The van der Waals surface area contributed by atoms with Crippen LogP contribution in [0.1, 0.15) is 37.8 Å². The van der Waals surface area contributed by atoms with Crippen molar-refractivity contribution in [1.29, 1.82) is 0 Å². The van der Waals surface area contributed by atoms with E-state index in [1.54, 1.807) is 0 Å². The van der Waals surface area contributed by atoms with E-state index >= 15 is 0 Å². The van der Waals surface area contributed by atoms with Gasteiger partial charge in [-0.1, -0.05) is 24.6 Å². The number of benzene rings is 1. The Balaban J connectivity index is 1.84. The number of piperidine rings is 1. The van der Waals surface area contributed by atoms with E-state index in [4.69, 9.17) is 11.6 Å². The van der Waals surface area contributed by atoms with Crippen LogP contribution in [0.15, 0.2) is 30.3 Å². The summed E-state index contributed by atoms with van der Waals surface area (Å²) in [7, 11) is 0. The molecule has 1 aliphatic heterocycles. The minimum atomic E-state index is 0.486. The van der Waals surface area contributed by atoms with Gasteiger partial charge in [-0.3, -0.25) is 4.98 Å². The Morgan fingerprint density at radius 2 is 2.00 bits per heavy atom. The molecule has 0 bridgehead atoms. The number of halogens is 1. The van der Waals surface area contributed by atoms with E-state index in [0.717, 1.165) is 23.2 Å². The smallest absolute Gasteiger partial charge is 0.0726 e. The molecule has 1 saturated heterocycles. The number of rotatable bonds is 2. The number of pyridine rings is 1. The molecule has 3 heteroatoms. The lowest BCUT2D eigenvalue weighted by Gasteiger charge is -2.40. The van der Waals surface area contributed by atoms with Gasteiger partial charge in [0.2, 0.25) is 0 Å². The maximum absolute atomic E-state index is 6.07. The maximum Gasteiger partial charge on any atom is 0.0726 e. The molecule has 2 unspecified atom stereocenters. The summed E-state index contributed by atoms with van der Waals surface area (Å²) in [5.41, 5.74) is 3.42. The standard InChI is InChI=1S/C18H21ClN2/c19-12-14-11-18(15-7-1-2-8-16(15)20-14)21-10-4-6-13-5-3-9-17(13)21/h1-2,7-8,11,13,17H,3-6,9-10,12H2. The van der Waals surface area contributed by atoms with Crippen LogP contribution in [0.2, 0.25) is 0 Å². The first-order chi connectivity index (χ1) is 10.4. The Bertz CT molecular complexity index is 655. The lowest BCUT2D eigenvalue weighted by molar-refractivity contribution is 0.363. The Morgan fingerprint density at radius 1 is 1.14 bits per heavy atom. The number of hydrogen-bond donors (Lipinski definition) is 0. The van der Waals surface area contributed by atoms with Crippen LogP contribution in [0.25, 0.3) is 10.9 Å². The summed E-state index contributed by atoms with van der Waals surface area (Å²) in [4.78, 5) is 7.33. The van der Waals surface area contributed by atoms with Crippen molar-refractivity contribution in [1.82, 2.24) is 4.98 Å². The average molecular weight is 301 g/mol. The summed E-state index contributed by atoms with van der Waals surface area (Å²) in [6.07, 6.45) is 6.86. The molecule has 2 aromatic rings. The first-order valence-corrected chi connectivity index (χ1v) is 8.61. The van der Waals surface area contributed by atoms with Crippen LogP contribution in [-0.2, 0) is 5.88 Å². The second-order valence-electron chi connectivity index (χ2n) is 6.38. The summed E-state index contributed by atoms with van der Waals surface area (Å²) < 4.78 is 0. The van der Waals surface area contributed by atoms with Crippen LogP contribution in [0.3, 0.4) is 0 Å². The molecule has 4 rings (SSSR count). The van der Waals surface area contributed by atoms with Gasteiger partial charge < -0.3 is 4.90 Å². The quantitative estimate of drug-likeness (QED) is 0.745. The van der Waals surface area contributed by atoms with E-state index in [2.05, 4.69) is 40.2 Å². The van der Waals surface area contributed by atoms with Gasteiger partial charge in [0.05, 0.1) is 17.1 Å². The van der Waals surface area contributed by atoms with Gasteiger partial charge in [0.1, 0.15) is 0 Å². The van der Waals surface area contributed by atoms with Crippen molar-refractivity contribution < 1.29 is 0 Å². The Morgan fingerprint density at radius 3 is 2.90 bits per heavy atom. The maximum atomic E-state index is 6.07. The molecule has 0 spiro atoms. The van der Waals surface area contributed by atoms with E-state index in [1.165, 1.54) is 49.7 Å². The molecule has 1 aliphatic carbocycles. The van der Waals surface area contributed by atoms with E-state index < -0.39 is 0 Å². The molecule has 2 aliphatic rings. The number of anilines is 1. The largest absolute Gasteiger partial charge is 0.368 e. The minimum absolute atomic E-state index is 0.486. The van der Waals surface area contributed by atoms with Gasteiger partial charge in [-0.2, -0.15) is 0 Å². The zero-order chi connectivity index (χ0) is 14.2. The summed E-state index contributed by atoms with van der Waals surface area (Å²) in [6, 6.07) is 11.4. The van der Waals surface area contributed by atoms with Crippen LogP contribution in [0.5, 0.6) is 0 Å². The highest BCUT2D eigenvalue weighted by Gasteiger charge is 2.35. The average Bonchev–Trinajstić information content (AvgIpc) is 3.02. The van der Waals surface area contributed by atoms with Crippen LogP contribution < -0.4 is 4.90 Å². The van der Waals surface area contributed by atoms with E-state index in [-0.39, 0.29) is 0 Å². The zero-order valence-corrected chi connectivity index (χ0v) is 13.0. The second-order valence-corrected chi connectivity index (χ2v) is 6.64. The summed E-state index contributed by atoms with van der Waals surface area (Å²) in [6.45, 7) is 1.18. The molecule has 21 heavy (non-hydrogen) atoms. The molecule has 2 nitrogen and oxygen atoms in total. The van der Waals surface area contributed by atoms with Crippen molar-refractivity contribution in [2.75, 3.05) is 11.4 Å². The Hall–Kier alpha value is -1.28. The van der Waals surface area contributed by atoms with Gasteiger partial charge in [-0.15, -0.1) is 11.6 Å². The Kier molecular flexibility index (Phi) is 3.50. The molecule has 1 aromatic heterocycles. The summed E-state index contributed by atoms with van der Waals surface area (Å²) in [5.74, 6) is 1.38. The SMILES string of the molecule is ClCc1cc(N2CCCC3CCCC32)c2ccccc2n1. The molecule has 110 valence electrons. The molecule has 0 amide bonds. The third-order valence-electron chi connectivity index (χ3n) is 5.19. The fourth-order valence-corrected chi connectivity index (χ4v) is 4.41. The van der Waals surface area contributed by atoms with Gasteiger partial charge in [-0.25, -0.2) is 0 Å². The fraction of sp³-hybridized carbons (Fsp3) is 0.500. The van der Waals surface area contributed by atoms with Crippen LogP contribution >= 0.6 is 11.6 Å². The Labute approximate surface area is 131 Å². The first-order valence-electron chi connectivity index (χ1n) is 8.08. The highest BCUT2D eigenvalue weighted by molar-refractivity contribution is 6.17. The number of fused-ring (bicyclic) bond motifs is 2. The van der Waals surface area contributed by atoms with Crippen molar-refractivity contribution in [3.05, 3.63) is 36.0 Å². The monoisotopic (exact) mass is 300 g/mol. The lowest BCUT2D eigenvalue weighted by Crippen LogP contribution is -2.42. The molecular weight excluding hydrogens is 280 g/mol. The normalized spacial score (nSPS) is 25.3. The predicted molar refractivity (Wildman–Crippen MR) is 89.0 cm³/mol. The van der Waals surface area contributed by atoms with Crippen LogP contribution in [0.4, 0.5) is 5.69 Å². The number of alkyl halides is 1. The van der Waals surface area contributed by atoms with Gasteiger partial charge in [0, 0.05) is 23.7 Å². The minimum Gasteiger partial charge on any atom is -0.368 e. The van der Waals surface area contributed by atoms with E-state index in [0.29, 0.717) is 5.88 Å². The number of para-hydroxylation sites is 1. The molecule has 2 heterocycles. The highest BCUT2D eigenvalue weighted by Crippen LogP contribution is 2.41. The summed E-state index contributed by atoms with van der Waals surface area (Å²) >= 11 is 6.07. The van der Waals surface area contributed by atoms with Gasteiger partial charge >= 0.3 is 0 Å².